The number of hydrogen-bond donors (Lipinski definition) is 3. The van der Waals surface area contributed by atoms with E-state index in [4.69, 9.17) is 4.98 Å². The Bertz CT molecular complexity index is 1590. The number of carbonyl (C=O) groups excluding carboxylic acids is 2. The van der Waals surface area contributed by atoms with Crippen molar-refractivity contribution < 1.29 is 22.4 Å². The Morgan fingerprint density at radius 1 is 1.05 bits per heavy atom. The van der Waals surface area contributed by atoms with Gasteiger partial charge in [-0.25, -0.2) is 17.8 Å². The number of aromatic nitrogens is 3. The Labute approximate surface area is 225 Å². The molecule has 3 aromatic rings. The highest BCUT2D eigenvalue weighted by atomic mass is 32.2. The van der Waals surface area contributed by atoms with Crippen LogP contribution in [0.25, 0.3) is 11.7 Å². The predicted molar refractivity (Wildman–Crippen MR) is 143 cm³/mol. The fourth-order valence-electron chi connectivity index (χ4n) is 5.28. The molecule has 2 amide bonds. The largest absolute Gasteiger partial charge is 0.367 e. The zero-order valence-electron chi connectivity index (χ0n) is 21.2. The van der Waals surface area contributed by atoms with Crippen LogP contribution in [0.4, 0.5) is 16.0 Å². The quantitative estimate of drug-likeness (QED) is 0.286. The van der Waals surface area contributed by atoms with E-state index in [1.54, 1.807) is 16.8 Å². The lowest BCUT2D eigenvalue weighted by Crippen LogP contribution is -2.29. The first-order chi connectivity index (χ1) is 18.7. The van der Waals surface area contributed by atoms with Crippen LogP contribution in [0.15, 0.2) is 47.0 Å². The summed E-state index contributed by atoms with van der Waals surface area (Å²) in [6.45, 7) is 0. The Hall–Kier alpha value is -3.80. The second-order valence-electron chi connectivity index (χ2n) is 10.6. The molecule has 39 heavy (non-hydrogen) atoms. The summed E-state index contributed by atoms with van der Waals surface area (Å²) in [5, 5.41) is 13.7. The van der Waals surface area contributed by atoms with E-state index in [-0.39, 0.29) is 34.9 Å². The third-order valence-corrected chi connectivity index (χ3v) is 9.39. The number of nitrogens with zero attached hydrogens (tertiary/aromatic N) is 3. The predicted octanol–water partition coefficient (Wildman–Crippen LogP) is 3.32. The zero-order chi connectivity index (χ0) is 27.1. The average molecular weight is 553 g/mol. The molecule has 3 N–H and O–H groups in total. The summed E-state index contributed by atoms with van der Waals surface area (Å²) in [5.74, 6) is -0.107. The van der Waals surface area contributed by atoms with Gasteiger partial charge in [-0.1, -0.05) is 12.1 Å². The number of benzene rings is 1. The van der Waals surface area contributed by atoms with Crippen molar-refractivity contribution in [3.05, 3.63) is 53.5 Å². The van der Waals surface area contributed by atoms with Crippen LogP contribution in [0.2, 0.25) is 0 Å². The van der Waals surface area contributed by atoms with Crippen LogP contribution in [0.1, 0.15) is 50.5 Å². The minimum Gasteiger partial charge on any atom is -0.367 e. The molecule has 1 aliphatic heterocycles. The third kappa shape index (κ3) is 5.51. The zero-order valence-corrected chi connectivity index (χ0v) is 22.0. The van der Waals surface area contributed by atoms with Gasteiger partial charge < -0.3 is 10.6 Å². The summed E-state index contributed by atoms with van der Waals surface area (Å²) in [4.78, 5) is 28.3. The van der Waals surface area contributed by atoms with Crippen LogP contribution in [-0.2, 0) is 19.4 Å². The summed E-state index contributed by atoms with van der Waals surface area (Å²) in [6.07, 6.45) is 8.39. The van der Waals surface area contributed by atoms with Gasteiger partial charge in [0, 0.05) is 29.3 Å². The van der Waals surface area contributed by atoms with Crippen molar-refractivity contribution in [2.75, 3.05) is 16.4 Å². The van der Waals surface area contributed by atoms with E-state index in [9.17, 15) is 22.4 Å². The SMILES string of the molecule is O=C1C/C(=C\c2cnn3c(NC4CC4)cc(NC4CCC(CS(=O)(=O)c5ccccc5F)CC4)nc23)C(=O)N1. The fourth-order valence-corrected chi connectivity index (χ4v) is 7.07. The molecule has 0 unspecified atom stereocenters. The molecule has 3 aliphatic rings. The molecule has 0 atom stereocenters. The van der Waals surface area contributed by atoms with E-state index < -0.39 is 21.6 Å². The van der Waals surface area contributed by atoms with Gasteiger partial charge in [0.15, 0.2) is 15.5 Å². The lowest BCUT2D eigenvalue weighted by atomic mass is 9.87. The maximum Gasteiger partial charge on any atom is 0.254 e. The molecule has 0 bridgehead atoms. The van der Waals surface area contributed by atoms with Crippen molar-refractivity contribution in [1.82, 2.24) is 19.9 Å². The Kier molecular flexibility index (Phi) is 6.57. The minimum absolute atomic E-state index is 0.0250. The lowest BCUT2D eigenvalue weighted by Gasteiger charge is -2.29. The molecule has 204 valence electrons. The maximum absolute atomic E-state index is 14.1. The van der Waals surface area contributed by atoms with Gasteiger partial charge in [-0.15, -0.1) is 0 Å². The molecular formula is C27H29FN6O4S. The van der Waals surface area contributed by atoms with Gasteiger partial charge in [0.2, 0.25) is 5.91 Å². The van der Waals surface area contributed by atoms with E-state index in [1.807, 2.05) is 6.07 Å². The van der Waals surface area contributed by atoms with E-state index in [0.717, 1.165) is 31.5 Å². The smallest absolute Gasteiger partial charge is 0.254 e. The normalized spacial score (nSPS) is 22.8. The highest BCUT2D eigenvalue weighted by Crippen LogP contribution is 2.32. The third-order valence-electron chi connectivity index (χ3n) is 7.48. The fraction of sp³-hybridized carbons (Fsp3) is 0.407. The minimum atomic E-state index is -3.70. The van der Waals surface area contributed by atoms with E-state index in [1.165, 1.54) is 24.3 Å². The molecule has 3 heterocycles. The van der Waals surface area contributed by atoms with Gasteiger partial charge in [0.1, 0.15) is 22.3 Å². The number of anilines is 2. The molecule has 10 nitrogen and oxygen atoms in total. The molecule has 2 saturated carbocycles. The molecule has 2 aliphatic carbocycles. The summed E-state index contributed by atoms with van der Waals surface area (Å²) in [7, 11) is -3.70. The van der Waals surface area contributed by atoms with Gasteiger partial charge in [0.25, 0.3) is 5.91 Å². The Morgan fingerprint density at radius 3 is 2.46 bits per heavy atom. The van der Waals surface area contributed by atoms with Crippen molar-refractivity contribution in [3.8, 4) is 0 Å². The number of fused-ring (bicyclic) bond motifs is 1. The second kappa shape index (κ2) is 10.1. The van der Waals surface area contributed by atoms with Crippen molar-refractivity contribution in [3.63, 3.8) is 0 Å². The number of halogens is 1. The van der Waals surface area contributed by atoms with E-state index in [0.29, 0.717) is 41.5 Å². The molecule has 0 radical (unpaired) electrons. The number of nitrogens with one attached hydrogen (secondary N) is 3. The van der Waals surface area contributed by atoms with E-state index in [2.05, 4.69) is 21.0 Å². The number of sulfone groups is 1. The van der Waals surface area contributed by atoms with Gasteiger partial charge in [-0.3, -0.25) is 14.9 Å². The summed E-state index contributed by atoms with van der Waals surface area (Å²) in [6, 6.07) is 7.91. The Balaban J connectivity index is 1.18. The van der Waals surface area contributed by atoms with Crippen molar-refractivity contribution in [2.24, 2.45) is 5.92 Å². The van der Waals surface area contributed by atoms with Gasteiger partial charge in [0.05, 0.1) is 18.4 Å². The molecule has 3 fully saturated rings. The van der Waals surface area contributed by atoms with Crippen molar-refractivity contribution in [1.29, 1.82) is 0 Å². The maximum atomic E-state index is 14.1. The van der Waals surface area contributed by atoms with Gasteiger partial charge >= 0.3 is 0 Å². The number of hydrogen-bond acceptors (Lipinski definition) is 8. The van der Waals surface area contributed by atoms with Crippen LogP contribution in [0, 0.1) is 11.7 Å². The summed E-state index contributed by atoms with van der Waals surface area (Å²) < 4.78 is 41.4. The lowest BCUT2D eigenvalue weighted by molar-refractivity contribution is -0.124. The topological polar surface area (TPSA) is 135 Å². The standard InChI is InChI=1S/C27H29FN6O4S/c28-21-3-1-2-4-22(21)39(37,38)15-16-5-7-19(8-6-16)30-23-13-24(31-20-9-10-20)34-26(32-23)18(14-29-34)11-17-12-25(35)33-27(17)36/h1-4,11,13-14,16,19-20,31H,5-10,12,15H2,(H,30,32)(H,33,35,36)/b17-11+. The van der Waals surface area contributed by atoms with Crippen molar-refractivity contribution in [2.45, 2.75) is 61.9 Å². The van der Waals surface area contributed by atoms with Gasteiger partial charge in [-0.05, 0) is 62.7 Å². The first kappa shape index (κ1) is 25.5. The van der Waals surface area contributed by atoms with E-state index >= 15 is 0 Å². The van der Waals surface area contributed by atoms with Crippen LogP contribution in [-0.4, -0.2) is 52.7 Å². The number of amides is 2. The number of rotatable bonds is 8. The Morgan fingerprint density at radius 2 is 1.77 bits per heavy atom. The molecular weight excluding hydrogens is 523 g/mol. The first-order valence-electron chi connectivity index (χ1n) is 13.2. The monoisotopic (exact) mass is 552 g/mol. The second-order valence-corrected chi connectivity index (χ2v) is 12.6. The van der Waals surface area contributed by atoms with Crippen LogP contribution >= 0.6 is 0 Å². The summed E-state index contributed by atoms with van der Waals surface area (Å²) in [5.41, 5.74) is 1.57. The highest BCUT2D eigenvalue weighted by Gasteiger charge is 2.29. The molecule has 1 saturated heterocycles. The average Bonchev–Trinajstić information content (AvgIpc) is 3.53. The first-order valence-corrected chi connectivity index (χ1v) is 14.8. The molecule has 0 spiro atoms. The van der Waals surface area contributed by atoms with Crippen molar-refractivity contribution >= 4 is 45.0 Å². The molecule has 6 rings (SSSR count). The molecule has 12 heteroatoms. The van der Waals surface area contributed by atoms with Gasteiger partial charge in [-0.2, -0.15) is 9.61 Å². The molecule has 1 aromatic carbocycles. The summed E-state index contributed by atoms with van der Waals surface area (Å²) >= 11 is 0. The van der Waals surface area contributed by atoms with Crippen LogP contribution in [0.3, 0.4) is 0 Å². The van der Waals surface area contributed by atoms with Crippen LogP contribution in [0.5, 0.6) is 0 Å². The van der Waals surface area contributed by atoms with Crippen LogP contribution < -0.4 is 16.0 Å². The number of carbonyl (C=O) groups is 2. The highest BCUT2D eigenvalue weighted by molar-refractivity contribution is 7.91. The molecule has 2 aromatic heterocycles. The number of imide groups is 1.